The van der Waals surface area contributed by atoms with E-state index < -0.39 is 0 Å². The summed E-state index contributed by atoms with van der Waals surface area (Å²) in [6, 6.07) is 2.03. The molecule has 1 heterocycles. The Balaban J connectivity index is 1.95. The third kappa shape index (κ3) is 2.34. The van der Waals surface area contributed by atoms with Crippen LogP contribution in [0.2, 0.25) is 0 Å². The van der Waals surface area contributed by atoms with Gasteiger partial charge >= 0.3 is 0 Å². The predicted octanol–water partition coefficient (Wildman–Crippen LogP) is 2.98. The summed E-state index contributed by atoms with van der Waals surface area (Å²) in [5.74, 6) is 0.942. The molecule has 1 N–H and O–H groups in total. The largest absolute Gasteiger partial charge is 0.468 e. The molecule has 0 radical (unpaired) electrons. The lowest BCUT2D eigenvalue weighted by atomic mass is 9.97. The van der Waals surface area contributed by atoms with Crippen molar-refractivity contribution in [2.45, 2.75) is 48.9 Å². The van der Waals surface area contributed by atoms with Crippen LogP contribution in [0, 0.1) is 6.92 Å². The summed E-state index contributed by atoms with van der Waals surface area (Å²) in [4.78, 5) is 1.15. The van der Waals surface area contributed by atoms with Gasteiger partial charge in [0.05, 0.1) is 6.10 Å². The first-order valence-corrected chi connectivity index (χ1v) is 6.03. The van der Waals surface area contributed by atoms with Crippen molar-refractivity contribution in [3.8, 4) is 0 Å². The van der Waals surface area contributed by atoms with Crippen LogP contribution in [-0.4, -0.2) is 16.5 Å². The summed E-state index contributed by atoms with van der Waals surface area (Å²) in [5.41, 5.74) is 0. The number of hydrogen-bond acceptors (Lipinski definition) is 3. The summed E-state index contributed by atoms with van der Waals surface area (Å²) in [6.45, 7) is 1.95. The minimum atomic E-state index is -0.135. The molecule has 1 aromatic rings. The van der Waals surface area contributed by atoms with Crippen LogP contribution in [0.25, 0.3) is 0 Å². The molecule has 1 aliphatic rings. The summed E-state index contributed by atoms with van der Waals surface area (Å²) in [6.07, 6.45) is 6.13. The van der Waals surface area contributed by atoms with Gasteiger partial charge in [-0.2, -0.15) is 0 Å². The maximum atomic E-state index is 9.79. The van der Waals surface area contributed by atoms with E-state index in [1.165, 1.54) is 12.8 Å². The van der Waals surface area contributed by atoms with Crippen molar-refractivity contribution in [2.24, 2.45) is 0 Å². The van der Waals surface area contributed by atoms with Crippen LogP contribution in [0.1, 0.15) is 31.4 Å². The van der Waals surface area contributed by atoms with Crippen LogP contribution in [0.5, 0.6) is 0 Å². The molecule has 2 rings (SSSR count). The molecule has 2 nitrogen and oxygen atoms in total. The van der Waals surface area contributed by atoms with Gasteiger partial charge in [0.1, 0.15) is 12.0 Å². The average molecular weight is 212 g/mol. The molecule has 0 aromatic carbocycles. The number of aliphatic hydroxyl groups is 1. The predicted molar refractivity (Wildman–Crippen MR) is 57.6 cm³/mol. The number of hydrogen-bond donors (Lipinski definition) is 1. The van der Waals surface area contributed by atoms with Crippen LogP contribution in [0.4, 0.5) is 0 Å². The molecule has 78 valence electrons. The minimum Gasteiger partial charge on any atom is -0.468 e. The highest BCUT2D eigenvalue weighted by Gasteiger charge is 2.24. The molecule has 0 unspecified atom stereocenters. The van der Waals surface area contributed by atoms with Crippen molar-refractivity contribution < 1.29 is 9.52 Å². The van der Waals surface area contributed by atoms with Gasteiger partial charge in [-0.1, -0.05) is 12.8 Å². The standard InChI is InChI=1S/C11H16O2S/c1-8-6-9(7-13-8)14-11-5-3-2-4-10(11)12/h6-7,10-12H,2-5H2,1H3/t10-,11-/m1/s1. The van der Waals surface area contributed by atoms with E-state index in [1.54, 1.807) is 18.0 Å². The van der Waals surface area contributed by atoms with E-state index in [1.807, 2.05) is 13.0 Å². The van der Waals surface area contributed by atoms with E-state index >= 15 is 0 Å². The Morgan fingerprint density at radius 1 is 1.43 bits per heavy atom. The summed E-state index contributed by atoms with van der Waals surface area (Å²) < 4.78 is 5.24. The molecule has 0 spiro atoms. The van der Waals surface area contributed by atoms with Crippen LogP contribution in [-0.2, 0) is 0 Å². The second kappa shape index (κ2) is 4.41. The van der Waals surface area contributed by atoms with Gasteiger partial charge in [0.25, 0.3) is 0 Å². The van der Waals surface area contributed by atoms with Gasteiger partial charge < -0.3 is 9.52 Å². The SMILES string of the molecule is Cc1cc(S[C@@H]2CCCC[C@H]2O)co1. The molecular weight excluding hydrogens is 196 g/mol. The van der Waals surface area contributed by atoms with Gasteiger partial charge in [0, 0.05) is 10.1 Å². The number of aryl methyl sites for hydroxylation is 1. The van der Waals surface area contributed by atoms with Gasteiger partial charge in [-0.05, 0) is 25.8 Å². The first-order chi connectivity index (χ1) is 6.75. The molecule has 0 amide bonds. The van der Waals surface area contributed by atoms with E-state index in [0.717, 1.165) is 23.5 Å². The molecule has 2 atom stereocenters. The van der Waals surface area contributed by atoms with Crippen molar-refractivity contribution in [3.63, 3.8) is 0 Å². The lowest BCUT2D eigenvalue weighted by Crippen LogP contribution is -2.26. The van der Waals surface area contributed by atoms with E-state index in [9.17, 15) is 5.11 Å². The summed E-state index contributed by atoms with van der Waals surface area (Å²) >= 11 is 1.75. The minimum absolute atomic E-state index is 0.135. The maximum absolute atomic E-state index is 9.79. The highest BCUT2D eigenvalue weighted by atomic mass is 32.2. The number of rotatable bonds is 2. The van der Waals surface area contributed by atoms with E-state index in [-0.39, 0.29) is 6.10 Å². The third-order valence-corrected chi connectivity index (χ3v) is 4.00. The molecule has 1 aliphatic carbocycles. The van der Waals surface area contributed by atoms with Gasteiger partial charge in [-0.25, -0.2) is 0 Å². The third-order valence-electron chi connectivity index (χ3n) is 2.66. The normalized spacial score (nSPS) is 27.9. The molecule has 14 heavy (non-hydrogen) atoms. The molecule has 0 aliphatic heterocycles. The molecular formula is C11H16O2S. The van der Waals surface area contributed by atoms with E-state index in [2.05, 4.69) is 0 Å². The van der Waals surface area contributed by atoms with Gasteiger partial charge in [-0.15, -0.1) is 11.8 Å². The Morgan fingerprint density at radius 2 is 2.21 bits per heavy atom. The van der Waals surface area contributed by atoms with Gasteiger partial charge in [0.15, 0.2) is 0 Å². The summed E-state index contributed by atoms with van der Waals surface area (Å²) in [7, 11) is 0. The maximum Gasteiger partial charge on any atom is 0.104 e. The fourth-order valence-electron chi connectivity index (χ4n) is 1.87. The van der Waals surface area contributed by atoms with Crippen molar-refractivity contribution >= 4 is 11.8 Å². The molecule has 0 saturated heterocycles. The highest BCUT2D eigenvalue weighted by molar-refractivity contribution is 8.00. The zero-order chi connectivity index (χ0) is 9.97. The highest BCUT2D eigenvalue weighted by Crippen LogP contribution is 2.34. The molecule has 1 fully saturated rings. The second-order valence-corrected chi connectivity index (χ2v) is 5.21. The van der Waals surface area contributed by atoms with Crippen molar-refractivity contribution in [2.75, 3.05) is 0 Å². The van der Waals surface area contributed by atoms with Crippen LogP contribution in [0.3, 0.4) is 0 Å². The molecule has 0 bridgehead atoms. The monoisotopic (exact) mass is 212 g/mol. The van der Waals surface area contributed by atoms with Gasteiger partial charge in [-0.3, -0.25) is 0 Å². The Bertz CT molecular complexity index is 295. The fourth-order valence-corrected chi connectivity index (χ4v) is 3.14. The Hall–Kier alpha value is -0.410. The fraction of sp³-hybridized carbons (Fsp3) is 0.636. The zero-order valence-electron chi connectivity index (χ0n) is 8.40. The molecule has 1 saturated carbocycles. The lowest BCUT2D eigenvalue weighted by molar-refractivity contribution is 0.137. The van der Waals surface area contributed by atoms with E-state index in [0.29, 0.717) is 5.25 Å². The summed E-state index contributed by atoms with van der Waals surface area (Å²) in [5, 5.41) is 10.1. The average Bonchev–Trinajstić information content (AvgIpc) is 2.56. The Labute approximate surface area is 88.7 Å². The van der Waals surface area contributed by atoms with E-state index in [4.69, 9.17) is 4.42 Å². The van der Waals surface area contributed by atoms with Crippen LogP contribution >= 0.6 is 11.8 Å². The number of thioether (sulfide) groups is 1. The second-order valence-electron chi connectivity index (χ2n) is 3.90. The van der Waals surface area contributed by atoms with Gasteiger partial charge in [0.2, 0.25) is 0 Å². The zero-order valence-corrected chi connectivity index (χ0v) is 9.22. The number of aliphatic hydroxyl groups excluding tert-OH is 1. The van der Waals surface area contributed by atoms with Crippen LogP contribution < -0.4 is 0 Å². The van der Waals surface area contributed by atoms with Crippen LogP contribution in [0.15, 0.2) is 21.6 Å². The van der Waals surface area contributed by atoms with Crippen molar-refractivity contribution in [3.05, 3.63) is 18.1 Å². The smallest absolute Gasteiger partial charge is 0.104 e. The first kappa shape index (κ1) is 10.1. The number of furan rings is 1. The molecule has 1 aromatic heterocycles. The van der Waals surface area contributed by atoms with Crippen molar-refractivity contribution in [1.82, 2.24) is 0 Å². The quantitative estimate of drug-likeness (QED) is 0.818. The van der Waals surface area contributed by atoms with Crippen molar-refractivity contribution in [1.29, 1.82) is 0 Å². The molecule has 3 heteroatoms. The Morgan fingerprint density at radius 3 is 2.86 bits per heavy atom. The lowest BCUT2D eigenvalue weighted by Gasteiger charge is -2.26. The first-order valence-electron chi connectivity index (χ1n) is 5.15. The Kier molecular flexibility index (Phi) is 3.19. The topological polar surface area (TPSA) is 33.4 Å².